The second-order valence-electron chi connectivity index (χ2n) is 7.60. The Morgan fingerprint density at radius 2 is 2.00 bits per heavy atom. The summed E-state index contributed by atoms with van der Waals surface area (Å²) < 4.78 is 5.49. The number of carbonyl (C=O) groups excluding carboxylic acids is 1. The van der Waals surface area contributed by atoms with E-state index in [0.29, 0.717) is 17.9 Å². The van der Waals surface area contributed by atoms with Gasteiger partial charge in [-0.25, -0.2) is 0 Å². The molecule has 1 aromatic carbocycles. The molecular formula is C19H28N2O2. The monoisotopic (exact) mass is 316 g/mol. The molecule has 0 aromatic heterocycles. The minimum absolute atomic E-state index is 0.00855. The van der Waals surface area contributed by atoms with Crippen molar-refractivity contribution in [3.8, 4) is 5.75 Å². The molecule has 1 aliphatic rings. The third-order valence-corrected chi connectivity index (χ3v) is 3.99. The van der Waals surface area contributed by atoms with Crippen LogP contribution in [0.25, 0.3) is 0 Å². The molecule has 1 heterocycles. The molecule has 2 rings (SSSR count). The summed E-state index contributed by atoms with van der Waals surface area (Å²) in [5.41, 5.74) is 0.643. The average molecular weight is 316 g/mol. The molecule has 2 N–H and O–H groups in total. The number of piperidine rings is 1. The van der Waals surface area contributed by atoms with Gasteiger partial charge in [0.1, 0.15) is 12.4 Å². The maximum atomic E-state index is 12.6. The first kappa shape index (κ1) is 17.5. The van der Waals surface area contributed by atoms with Crippen LogP contribution in [0, 0.1) is 0 Å². The third kappa shape index (κ3) is 5.10. The zero-order chi connectivity index (χ0) is 17.1. The summed E-state index contributed by atoms with van der Waals surface area (Å²) in [6.07, 6.45) is 3.51. The van der Waals surface area contributed by atoms with Crippen LogP contribution in [-0.2, 0) is 0 Å². The molecule has 1 aliphatic heterocycles. The lowest BCUT2D eigenvalue weighted by molar-refractivity contribution is 0.0872. The van der Waals surface area contributed by atoms with E-state index in [2.05, 4.69) is 44.9 Å². The number of hydrogen-bond acceptors (Lipinski definition) is 3. The van der Waals surface area contributed by atoms with E-state index in [-0.39, 0.29) is 23.0 Å². The summed E-state index contributed by atoms with van der Waals surface area (Å²) in [6, 6.07) is 7.43. The van der Waals surface area contributed by atoms with Gasteiger partial charge in [-0.2, -0.15) is 0 Å². The van der Waals surface area contributed by atoms with Gasteiger partial charge in [0.15, 0.2) is 0 Å². The number of amides is 1. The van der Waals surface area contributed by atoms with Crippen molar-refractivity contribution in [2.75, 3.05) is 6.61 Å². The lowest BCUT2D eigenvalue weighted by Gasteiger charge is -2.46. The van der Waals surface area contributed by atoms with Gasteiger partial charge in [-0.15, -0.1) is 0 Å². The smallest absolute Gasteiger partial charge is 0.251 e. The van der Waals surface area contributed by atoms with Crippen LogP contribution in [-0.4, -0.2) is 29.6 Å². The van der Waals surface area contributed by atoms with E-state index >= 15 is 0 Å². The second-order valence-corrected chi connectivity index (χ2v) is 7.60. The van der Waals surface area contributed by atoms with Crippen LogP contribution in [0.1, 0.15) is 50.9 Å². The van der Waals surface area contributed by atoms with Crippen molar-refractivity contribution >= 4 is 5.91 Å². The Balaban J connectivity index is 2.05. The summed E-state index contributed by atoms with van der Waals surface area (Å²) in [7, 11) is 0. The van der Waals surface area contributed by atoms with Gasteiger partial charge in [0.2, 0.25) is 0 Å². The second kappa shape index (κ2) is 6.75. The molecule has 0 unspecified atom stereocenters. The van der Waals surface area contributed by atoms with E-state index in [9.17, 15) is 4.79 Å². The van der Waals surface area contributed by atoms with Crippen molar-refractivity contribution in [1.29, 1.82) is 0 Å². The maximum absolute atomic E-state index is 12.6. The maximum Gasteiger partial charge on any atom is 0.251 e. The molecule has 4 nitrogen and oxygen atoms in total. The van der Waals surface area contributed by atoms with E-state index in [1.807, 2.05) is 18.2 Å². The Morgan fingerprint density at radius 1 is 1.35 bits per heavy atom. The number of rotatable bonds is 5. The molecule has 1 amide bonds. The standard InChI is InChI=1S/C19H28N2O2/c1-6-10-23-16-9-7-8-14(11-16)17(22)20-15-12-18(2,3)21-19(4,5)13-15/h6-9,11,15,21H,1,10,12-13H2,2-5H3,(H,20,22). The van der Waals surface area contributed by atoms with Gasteiger partial charge in [0.25, 0.3) is 5.91 Å². The molecule has 0 saturated carbocycles. The van der Waals surface area contributed by atoms with Crippen molar-refractivity contribution in [2.45, 2.75) is 57.7 Å². The predicted molar refractivity (Wildman–Crippen MR) is 93.9 cm³/mol. The number of ether oxygens (including phenoxy) is 1. The topological polar surface area (TPSA) is 50.4 Å². The minimum Gasteiger partial charge on any atom is -0.490 e. The SMILES string of the molecule is C=CCOc1cccc(C(=O)NC2CC(C)(C)NC(C)(C)C2)c1. The normalized spacial score (nSPS) is 19.8. The molecule has 0 spiro atoms. The van der Waals surface area contributed by atoms with Gasteiger partial charge in [-0.05, 0) is 58.7 Å². The summed E-state index contributed by atoms with van der Waals surface area (Å²) in [5.74, 6) is 0.635. The highest BCUT2D eigenvalue weighted by molar-refractivity contribution is 5.94. The lowest BCUT2D eigenvalue weighted by atomic mass is 9.79. The van der Waals surface area contributed by atoms with Crippen molar-refractivity contribution < 1.29 is 9.53 Å². The van der Waals surface area contributed by atoms with E-state index in [0.717, 1.165) is 12.8 Å². The van der Waals surface area contributed by atoms with Crippen molar-refractivity contribution in [2.24, 2.45) is 0 Å². The van der Waals surface area contributed by atoms with E-state index in [1.54, 1.807) is 12.1 Å². The van der Waals surface area contributed by atoms with Gasteiger partial charge < -0.3 is 15.4 Å². The van der Waals surface area contributed by atoms with Crippen LogP contribution >= 0.6 is 0 Å². The van der Waals surface area contributed by atoms with E-state index in [4.69, 9.17) is 4.74 Å². The van der Waals surface area contributed by atoms with Crippen LogP contribution in [0.5, 0.6) is 5.75 Å². The van der Waals surface area contributed by atoms with Crippen LogP contribution in [0.4, 0.5) is 0 Å². The van der Waals surface area contributed by atoms with Crippen LogP contribution in [0.15, 0.2) is 36.9 Å². The Kier molecular flexibility index (Phi) is 5.15. The molecule has 4 heteroatoms. The van der Waals surface area contributed by atoms with Gasteiger partial charge >= 0.3 is 0 Å². The molecule has 0 aliphatic carbocycles. The zero-order valence-electron chi connectivity index (χ0n) is 14.6. The minimum atomic E-state index is -0.0486. The Morgan fingerprint density at radius 3 is 2.61 bits per heavy atom. The molecule has 0 radical (unpaired) electrons. The summed E-state index contributed by atoms with van der Waals surface area (Å²) in [6.45, 7) is 12.8. The number of nitrogens with one attached hydrogen (secondary N) is 2. The highest BCUT2D eigenvalue weighted by atomic mass is 16.5. The molecule has 1 aromatic rings. The van der Waals surface area contributed by atoms with Crippen LogP contribution < -0.4 is 15.4 Å². The predicted octanol–water partition coefficient (Wildman–Crippen LogP) is 3.29. The summed E-state index contributed by atoms with van der Waals surface area (Å²) in [4.78, 5) is 12.6. The van der Waals surface area contributed by atoms with E-state index < -0.39 is 0 Å². The molecule has 0 bridgehead atoms. The van der Waals surface area contributed by atoms with Gasteiger partial charge in [-0.3, -0.25) is 4.79 Å². The number of benzene rings is 1. The van der Waals surface area contributed by atoms with Crippen molar-refractivity contribution in [3.05, 3.63) is 42.5 Å². The van der Waals surface area contributed by atoms with Crippen molar-refractivity contribution in [3.63, 3.8) is 0 Å². The fraction of sp³-hybridized carbons (Fsp3) is 0.526. The van der Waals surface area contributed by atoms with Crippen LogP contribution in [0.3, 0.4) is 0 Å². The molecule has 1 fully saturated rings. The van der Waals surface area contributed by atoms with Gasteiger partial charge in [-0.1, -0.05) is 18.7 Å². The molecule has 23 heavy (non-hydrogen) atoms. The average Bonchev–Trinajstić information content (AvgIpc) is 2.42. The first-order chi connectivity index (χ1) is 10.7. The van der Waals surface area contributed by atoms with E-state index in [1.165, 1.54) is 0 Å². The highest BCUT2D eigenvalue weighted by Crippen LogP contribution is 2.28. The largest absolute Gasteiger partial charge is 0.490 e. The first-order valence-corrected chi connectivity index (χ1v) is 8.15. The third-order valence-electron chi connectivity index (χ3n) is 3.99. The quantitative estimate of drug-likeness (QED) is 0.820. The lowest BCUT2D eigenvalue weighted by Crippen LogP contribution is -2.62. The summed E-state index contributed by atoms with van der Waals surface area (Å²) >= 11 is 0. The highest BCUT2D eigenvalue weighted by Gasteiger charge is 2.38. The van der Waals surface area contributed by atoms with Crippen LogP contribution in [0.2, 0.25) is 0 Å². The van der Waals surface area contributed by atoms with Gasteiger partial charge in [0, 0.05) is 22.7 Å². The molecular weight excluding hydrogens is 288 g/mol. The fourth-order valence-corrected chi connectivity index (χ4v) is 3.58. The van der Waals surface area contributed by atoms with Crippen molar-refractivity contribution in [1.82, 2.24) is 10.6 Å². The zero-order valence-corrected chi connectivity index (χ0v) is 14.6. The Hall–Kier alpha value is -1.81. The first-order valence-electron chi connectivity index (χ1n) is 8.15. The fourth-order valence-electron chi connectivity index (χ4n) is 3.58. The number of hydrogen-bond donors (Lipinski definition) is 2. The van der Waals surface area contributed by atoms with Gasteiger partial charge in [0.05, 0.1) is 0 Å². The summed E-state index contributed by atoms with van der Waals surface area (Å²) in [5, 5.41) is 6.80. The molecule has 1 saturated heterocycles. The molecule has 126 valence electrons. The molecule has 0 atom stereocenters. The number of carbonyl (C=O) groups is 1. The Labute approximate surface area is 139 Å². The Bertz CT molecular complexity index is 562.